The van der Waals surface area contributed by atoms with Crippen LogP contribution in [0.15, 0.2) is 18.2 Å². The minimum Gasteiger partial charge on any atom is -0.508 e. The van der Waals surface area contributed by atoms with Gasteiger partial charge >= 0.3 is 0 Å². The van der Waals surface area contributed by atoms with E-state index < -0.39 is 0 Å². The highest BCUT2D eigenvalue weighted by Crippen LogP contribution is 2.40. The van der Waals surface area contributed by atoms with E-state index in [2.05, 4.69) is 18.3 Å². The van der Waals surface area contributed by atoms with Crippen LogP contribution in [-0.2, 0) is 6.42 Å². The topological polar surface area (TPSA) is 32.3 Å². The molecule has 0 amide bonds. The smallest absolute Gasteiger partial charge is 0.115 e. The second-order valence-electron chi connectivity index (χ2n) is 5.24. The van der Waals surface area contributed by atoms with Crippen LogP contribution in [0.4, 0.5) is 0 Å². The van der Waals surface area contributed by atoms with Crippen LogP contribution < -0.4 is 5.32 Å². The summed E-state index contributed by atoms with van der Waals surface area (Å²) in [4.78, 5) is 0. The van der Waals surface area contributed by atoms with Crippen molar-refractivity contribution in [2.75, 3.05) is 6.54 Å². The quantitative estimate of drug-likeness (QED) is 0.699. The van der Waals surface area contributed by atoms with Crippen molar-refractivity contribution in [3.05, 3.63) is 29.3 Å². The fraction of sp³-hybridized carbons (Fsp3) is 0.571. The molecule has 0 aromatic heterocycles. The Labute approximate surface area is 96.7 Å². The monoisotopic (exact) mass is 217 g/mol. The molecule has 3 unspecified atom stereocenters. The third kappa shape index (κ3) is 1.52. The molecule has 16 heavy (non-hydrogen) atoms. The Hall–Kier alpha value is -1.02. The summed E-state index contributed by atoms with van der Waals surface area (Å²) in [5.41, 5.74) is 2.78. The molecule has 86 valence electrons. The average Bonchev–Trinajstić information content (AvgIpc) is 2.31. The highest BCUT2D eigenvalue weighted by Gasteiger charge is 2.35. The first-order valence-electron chi connectivity index (χ1n) is 6.31. The standard InChI is InChI=1S/C14H19NO/c1-9-12-3-2-6-15-14(12)7-10-4-5-11(16)8-13(9)10/h4-5,8-9,12,14-16H,2-3,6-7H2,1H3. The van der Waals surface area contributed by atoms with Gasteiger partial charge in [-0.3, -0.25) is 0 Å². The molecule has 1 aliphatic carbocycles. The first-order chi connectivity index (χ1) is 7.75. The van der Waals surface area contributed by atoms with Crippen LogP contribution >= 0.6 is 0 Å². The maximum Gasteiger partial charge on any atom is 0.115 e. The molecule has 1 aromatic carbocycles. The molecule has 3 atom stereocenters. The fourth-order valence-electron chi connectivity index (χ4n) is 3.46. The van der Waals surface area contributed by atoms with Gasteiger partial charge in [0.2, 0.25) is 0 Å². The van der Waals surface area contributed by atoms with Gasteiger partial charge in [-0.05, 0) is 60.9 Å². The van der Waals surface area contributed by atoms with E-state index in [1.165, 1.54) is 30.5 Å². The van der Waals surface area contributed by atoms with Crippen LogP contribution in [0.25, 0.3) is 0 Å². The third-order valence-electron chi connectivity index (χ3n) is 4.34. The van der Waals surface area contributed by atoms with Crippen molar-refractivity contribution < 1.29 is 5.11 Å². The van der Waals surface area contributed by atoms with Crippen molar-refractivity contribution in [1.82, 2.24) is 5.32 Å². The highest BCUT2D eigenvalue weighted by atomic mass is 16.3. The van der Waals surface area contributed by atoms with E-state index in [0.29, 0.717) is 17.7 Å². The summed E-state index contributed by atoms with van der Waals surface area (Å²) in [6, 6.07) is 6.52. The molecular formula is C14H19NO. The number of hydrogen-bond acceptors (Lipinski definition) is 2. The predicted octanol–water partition coefficient (Wildman–Crippen LogP) is 2.42. The van der Waals surface area contributed by atoms with Gasteiger partial charge in [0, 0.05) is 6.04 Å². The molecule has 0 radical (unpaired) electrons. The number of hydrogen-bond donors (Lipinski definition) is 2. The van der Waals surface area contributed by atoms with Gasteiger partial charge < -0.3 is 10.4 Å². The average molecular weight is 217 g/mol. The maximum absolute atomic E-state index is 9.59. The van der Waals surface area contributed by atoms with E-state index in [0.717, 1.165) is 12.3 Å². The fourth-order valence-corrected chi connectivity index (χ4v) is 3.46. The zero-order valence-electron chi connectivity index (χ0n) is 9.74. The lowest BCUT2D eigenvalue weighted by molar-refractivity contribution is 0.231. The Balaban J connectivity index is 2.00. The molecule has 3 rings (SSSR count). The van der Waals surface area contributed by atoms with Crippen LogP contribution in [0.2, 0.25) is 0 Å². The molecule has 2 aliphatic rings. The van der Waals surface area contributed by atoms with Crippen molar-refractivity contribution in [3.8, 4) is 5.75 Å². The van der Waals surface area contributed by atoms with Gasteiger partial charge in [-0.2, -0.15) is 0 Å². The predicted molar refractivity (Wildman–Crippen MR) is 64.7 cm³/mol. The second kappa shape index (κ2) is 3.77. The summed E-state index contributed by atoms with van der Waals surface area (Å²) in [6.45, 7) is 3.48. The molecular weight excluding hydrogens is 198 g/mol. The lowest BCUT2D eigenvalue weighted by atomic mass is 9.70. The summed E-state index contributed by atoms with van der Waals surface area (Å²) in [5, 5.41) is 13.2. The second-order valence-corrected chi connectivity index (χ2v) is 5.24. The van der Waals surface area contributed by atoms with Gasteiger partial charge in [-0.1, -0.05) is 13.0 Å². The number of nitrogens with one attached hydrogen (secondary N) is 1. The number of aromatic hydroxyl groups is 1. The molecule has 1 heterocycles. The normalized spacial score (nSPS) is 32.9. The first kappa shape index (κ1) is 10.2. The summed E-state index contributed by atoms with van der Waals surface area (Å²) in [6.07, 6.45) is 3.75. The molecule has 0 saturated carbocycles. The van der Waals surface area contributed by atoms with E-state index in [9.17, 15) is 5.11 Å². The van der Waals surface area contributed by atoms with E-state index in [-0.39, 0.29) is 0 Å². The third-order valence-corrected chi connectivity index (χ3v) is 4.34. The lowest BCUT2D eigenvalue weighted by Gasteiger charge is -2.41. The van der Waals surface area contributed by atoms with Crippen molar-refractivity contribution in [3.63, 3.8) is 0 Å². The molecule has 0 bridgehead atoms. The van der Waals surface area contributed by atoms with Gasteiger partial charge in [0.05, 0.1) is 0 Å². The van der Waals surface area contributed by atoms with E-state index in [1.54, 1.807) is 0 Å². The number of phenolic OH excluding ortho intramolecular Hbond substituents is 1. The molecule has 1 fully saturated rings. The Morgan fingerprint density at radius 3 is 3.12 bits per heavy atom. The molecule has 2 nitrogen and oxygen atoms in total. The van der Waals surface area contributed by atoms with Gasteiger partial charge in [0.1, 0.15) is 5.75 Å². The van der Waals surface area contributed by atoms with Crippen LogP contribution in [0.5, 0.6) is 5.75 Å². The molecule has 1 aliphatic heterocycles. The summed E-state index contributed by atoms with van der Waals surface area (Å²) in [7, 11) is 0. The van der Waals surface area contributed by atoms with E-state index >= 15 is 0 Å². The lowest BCUT2D eigenvalue weighted by Crippen LogP contribution is -2.47. The van der Waals surface area contributed by atoms with Gasteiger partial charge in [0.15, 0.2) is 0 Å². The number of rotatable bonds is 0. The van der Waals surface area contributed by atoms with Crippen LogP contribution in [0.3, 0.4) is 0 Å². The SMILES string of the molecule is CC1c2cc(O)ccc2CC2NCCCC21. The maximum atomic E-state index is 9.59. The number of piperidine rings is 1. The summed E-state index contributed by atoms with van der Waals surface area (Å²) < 4.78 is 0. The largest absolute Gasteiger partial charge is 0.508 e. The Morgan fingerprint density at radius 2 is 2.25 bits per heavy atom. The van der Waals surface area contributed by atoms with Crippen molar-refractivity contribution in [2.24, 2.45) is 5.92 Å². The number of phenols is 1. The van der Waals surface area contributed by atoms with Crippen molar-refractivity contribution >= 4 is 0 Å². The Morgan fingerprint density at radius 1 is 1.38 bits per heavy atom. The number of benzene rings is 1. The van der Waals surface area contributed by atoms with Gasteiger partial charge in [-0.25, -0.2) is 0 Å². The Kier molecular flexibility index (Phi) is 2.40. The van der Waals surface area contributed by atoms with Gasteiger partial charge in [0.25, 0.3) is 0 Å². The molecule has 0 spiro atoms. The molecule has 2 heteroatoms. The minimum atomic E-state index is 0.410. The van der Waals surface area contributed by atoms with Crippen LogP contribution in [0, 0.1) is 5.92 Å². The molecule has 1 aromatic rings. The Bertz CT molecular complexity index is 402. The van der Waals surface area contributed by atoms with Crippen molar-refractivity contribution in [1.29, 1.82) is 0 Å². The number of fused-ring (bicyclic) bond motifs is 2. The minimum absolute atomic E-state index is 0.410. The zero-order valence-corrected chi connectivity index (χ0v) is 9.74. The summed E-state index contributed by atoms with van der Waals surface area (Å²) in [5.74, 6) is 1.74. The van der Waals surface area contributed by atoms with Crippen molar-refractivity contribution in [2.45, 2.75) is 38.1 Å². The van der Waals surface area contributed by atoms with Crippen LogP contribution in [0.1, 0.15) is 36.8 Å². The zero-order chi connectivity index (χ0) is 11.1. The highest BCUT2D eigenvalue weighted by molar-refractivity contribution is 5.40. The molecule has 2 N–H and O–H groups in total. The van der Waals surface area contributed by atoms with E-state index in [1.807, 2.05) is 12.1 Å². The first-order valence-corrected chi connectivity index (χ1v) is 6.31. The van der Waals surface area contributed by atoms with Gasteiger partial charge in [-0.15, -0.1) is 0 Å². The van der Waals surface area contributed by atoms with Crippen LogP contribution in [-0.4, -0.2) is 17.7 Å². The summed E-state index contributed by atoms with van der Waals surface area (Å²) >= 11 is 0. The molecule has 1 saturated heterocycles. The van der Waals surface area contributed by atoms with E-state index in [4.69, 9.17) is 0 Å².